The summed E-state index contributed by atoms with van der Waals surface area (Å²) >= 11 is 0. The summed E-state index contributed by atoms with van der Waals surface area (Å²) in [6.07, 6.45) is 1.87. The number of ether oxygens (including phenoxy) is 2. The molecule has 0 saturated carbocycles. The number of amides is 1. The highest BCUT2D eigenvalue weighted by Crippen LogP contribution is 2.20. The maximum atomic E-state index is 13.1. The van der Waals surface area contributed by atoms with Crippen LogP contribution < -0.4 is 14.8 Å². The highest BCUT2D eigenvalue weighted by molar-refractivity contribution is 5.79. The summed E-state index contributed by atoms with van der Waals surface area (Å²) in [7, 11) is 1.62. The van der Waals surface area contributed by atoms with Crippen LogP contribution in [0.25, 0.3) is 0 Å². The van der Waals surface area contributed by atoms with Crippen LogP contribution >= 0.6 is 0 Å². The van der Waals surface area contributed by atoms with Gasteiger partial charge in [-0.2, -0.15) is 0 Å². The third-order valence-electron chi connectivity index (χ3n) is 5.14. The summed E-state index contributed by atoms with van der Waals surface area (Å²) in [5, 5.41) is 3.07. The summed E-state index contributed by atoms with van der Waals surface area (Å²) in [6, 6.07) is 13.9. The molecule has 2 aromatic rings. The van der Waals surface area contributed by atoms with E-state index in [1.54, 1.807) is 19.2 Å². The fourth-order valence-electron chi connectivity index (χ4n) is 3.56. The first kappa shape index (κ1) is 21.1. The molecule has 3 rings (SSSR count). The number of rotatable bonds is 8. The third kappa shape index (κ3) is 6.46. The number of carbonyl (C=O) groups excluding carboxylic acids is 1. The Morgan fingerprint density at radius 3 is 2.55 bits per heavy atom. The van der Waals surface area contributed by atoms with E-state index < -0.39 is 0 Å². The van der Waals surface area contributed by atoms with Gasteiger partial charge in [0.1, 0.15) is 23.9 Å². The number of carbonyl (C=O) groups is 1. The molecule has 1 fully saturated rings. The quantitative estimate of drug-likeness (QED) is 0.735. The minimum Gasteiger partial charge on any atom is -0.497 e. The van der Waals surface area contributed by atoms with Gasteiger partial charge in [-0.15, -0.1) is 0 Å². The summed E-state index contributed by atoms with van der Waals surface area (Å²) in [5.74, 6) is 1.33. The number of nitrogens with zero attached hydrogens (tertiary/aromatic N) is 1. The Hall–Kier alpha value is -2.60. The lowest BCUT2D eigenvalue weighted by Crippen LogP contribution is -2.46. The predicted molar refractivity (Wildman–Crippen MR) is 110 cm³/mol. The first-order chi connectivity index (χ1) is 14.0. The molecule has 29 heavy (non-hydrogen) atoms. The maximum absolute atomic E-state index is 13.1. The van der Waals surface area contributed by atoms with Gasteiger partial charge in [-0.3, -0.25) is 9.69 Å². The van der Waals surface area contributed by atoms with Gasteiger partial charge in [0.15, 0.2) is 0 Å². The molecule has 1 saturated heterocycles. The highest BCUT2D eigenvalue weighted by atomic mass is 19.1. The Kier molecular flexibility index (Phi) is 7.47. The van der Waals surface area contributed by atoms with Crippen LogP contribution in [0.2, 0.25) is 0 Å². The topological polar surface area (TPSA) is 50.8 Å². The first-order valence-corrected chi connectivity index (χ1v) is 10.1. The monoisotopic (exact) mass is 400 g/mol. The molecule has 2 unspecified atom stereocenters. The van der Waals surface area contributed by atoms with Gasteiger partial charge >= 0.3 is 0 Å². The molecule has 0 spiro atoms. The predicted octanol–water partition coefficient (Wildman–Crippen LogP) is 3.63. The van der Waals surface area contributed by atoms with Crippen LogP contribution in [-0.2, 0) is 11.3 Å². The summed E-state index contributed by atoms with van der Waals surface area (Å²) in [5.41, 5.74) is 1.06. The summed E-state index contributed by atoms with van der Waals surface area (Å²) < 4.78 is 24.0. The number of hydrogen-bond acceptors (Lipinski definition) is 4. The molecule has 0 bridgehead atoms. The van der Waals surface area contributed by atoms with Crippen molar-refractivity contribution >= 4 is 5.91 Å². The van der Waals surface area contributed by atoms with Gasteiger partial charge in [-0.1, -0.05) is 12.1 Å². The Balaban J connectivity index is 1.44. The molecule has 5 nitrogen and oxygen atoms in total. The molecule has 2 aromatic carbocycles. The molecular formula is C23H29FN2O3. The van der Waals surface area contributed by atoms with Crippen molar-refractivity contribution in [3.8, 4) is 11.5 Å². The average Bonchev–Trinajstić information content (AvgIpc) is 2.74. The van der Waals surface area contributed by atoms with Crippen molar-refractivity contribution in [3.63, 3.8) is 0 Å². The van der Waals surface area contributed by atoms with E-state index in [-0.39, 0.29) is 23.7 Å². The van der Waals surface area contributed by atoms with Crippen molar-refractivity contribution in [3.05, 3.63) is 59.9 Å². The van der Waals surface area contributed by atoms with Gasteiger partial charge in [0.2, 0.25) is 5.91 Å². The number of hydrogen-bond donors (Lipinski definition) is 1. The normalized spacial score (nSPS) is 18.1. The molecule has 0 aliphatic carbocycles. The Bertz CT molecular complexity index is 780. The van der Waals surface area contributed by atoms with Gasteiger partial charge in [-0.05, 0) is 68.3 Å². The summed E-state index contributed by atoms with van der Waals surface area (Å²) in [6.45, 7) is 4.76. The number of likely N-dealkylation sites (tertiary alicyclic amines) is 1. The van der Waals surface area contributed by atoms with Crippen LogP contribution in [0.15, 0.2) is 48.5 Å². The van der Waals surface area contributed by atoms with E-state index in [1.807, 2.05) is 31.2 Å². The van der Waals surface area contributed by atoms with Gasteiger partial charge in [0, 0.05) is 13.1 Å². The highest BCUT2D eigenvalue weighted by Gasteiger charge is 2.26. The van der Waals surface area contributed by atoms with Gasteiger partial charge < -0.3 is 14.8 Å². The van der Waals surface area contributed by atoms with Crippen molar-refractivity contribution in [1.29, 1.82) is 0 Å². The van der Waals surface area contributed by atoms with E-state index in [4.69, 9.17) is 9.47 Å². The van der Waals surface area contributed by atoms with E-state index in [0.717, 1.165) is 49.5 Å². The molecule has 1 aliphatic heterocycles. The molecular weight excluding hydrogens is 371 g/mol. The third-order valence-corrected chi connectivity index (χ3v) is 5.14. The number of piperidine rings is 1. The van der Waals surface area contributed by atoms with Gasteiger partial charge in [0.05, 0.1) is 19.1 Å². The minimum atomic E-state index is -0.226. The second-order valence-electron chi connectivity index (χ2n) is 7.60. The molecule has 1 amide bonds. The zero-order valence-corrected chi connectivity index (χ0v) is 17.1. The maximum Gasteiger partial charge on any atom is 0.224 e. The number of nitrogens with one attached hydrogen (secondary N) is 1. The molecule has 156 valence electrons. The molecule has 0 radical (unpaired) electrons. The van der Waals surface area contributed by atoms with Crippen molar-refractivity contribution in [2.24, 2.45) is 5.92 Å². The van der Waals surface area contributed by atoms with E-state index in [2.05, 4.69) is 10.2 Å². The van der Waals surface area contributed by atoms with Crippen LogP contribution in [-0.4, -0.2) is 43.7 Å². The first-order valence-electron chi connectivity index (χ1n) is 10.1. The second kappa shape index (κ2) is 10.3. The Morgan fingerprint density at radius 1 is 1.17 bits per heavy atom. The SMILES string of the molecule is COc1ccc(OCC(C)NC(=O)C2CCCN(Cc3ccc(F)cc3)C2)cc1. The lowest BCUT2D eigenvalue weighted by molar-refractivity contribution is -0.127. The molecule has 1 aliphatic rings. The zero-order valence-electron chi connectivity index (χ0n) is 17.1. The molecule has 2 atom stereocenters. The second-order valence-corrected chi connectivity index (χ2v) is 7.60. The number of benzene rings is 2. The molecule has 0 aromatic heterocycles. The zero-order chi connectivity index (χ0) is 20.6. The molecule has 1 heterocycles. The van der Waals surface area contributed by atoms with Crippen LogP contribution in [0.1, 0.15) is 25.3 Å². The van der Waals surface area contributed by atoms with E-state index in [1.165, 1.54) is 12.1 Å². The van der Waals surface area contributed by atoms with Gasteiger partial charge in [-0.25, -0.2) is 4.39 Å². The van der Waals surface area contributed by atoms with Gasteiger partial charge in [0.25, 0.3) is 0 Å². The molecule has 1 N–H and O–H groups in total. The van der Waals surface area contributed by atoms with Crippen molar-refractivity contribution in [2.45, 2.75) is 32.4 Å². The van der Waals surface area contributed by atoms with Crippen LogP contribution in [0.4, 0.5) is 4.39 Å². The Labute approximate surface area is 171 Å². The van der Waals surface area contributed by atoms with Crippen LogP contribution in [0, 0.1) is 11.7 Å². The van der Waals surface area contributed by atoms with Crippen LogP contribution in [0.5, 0.6) is 11.5 Å². The van der Waals surface area contributed by atoms with E-state index in [9.17, 15) is 9.18 Å². The number of methoxy groups -OCH3 is 1. The van der Waals surface area contributed by atoms with Crippen molar-refractivity contribution in [1.82, 2.24) is 10.2 Å². The average molecular weight is 400 g/mol. The lowest BCUT2D eigenvalue weighted by atomic mass is 9.96. The summed E-state index contributed by atoms with van der Waals surface area (Å²) in [4.78, 5) is 14.9. The lowest BCUT2D eigenvalue weighted by Gasteiger charge is -2.32. The van der Waals surface area contributed by atoms with Crippen LogP contribution in [0.3, 0.4) is 0 Å². The minimum absolute atomic E-state index is 0.0346. The largest absolute Gasteiger partial charge is 0.497 e. The standard InChI is InChI=1S/C23H29FN2O3/c1-17(16-29-22-11-9-21(28-2)10-12-22)25-23(27)19-4-3-13-26(15-19)14-18-5-7-20(24)8-6-18/h5-12,17,19H,3-4,13-16H2,1-2H3,(H,25,27). The fraction of sp³-hybridized carbons (Fsp3) is 0.435. The van der Waals surface area contributed by atoms with Crippen molar-refractivity contribution in [2.75, 3.05) is 26.8 Å². The van der Waals surface area contributed by atoms with E-state index in [0.29, 0.717) is 6.61 Å². The smallest absolute Gasteiger partial charge is 0.224 e. The van der Waals surface area contributed by atoms with Crippen molar-refractivity contribution < 1.29 is 18.7 Å². The molecule has 6 heteroatoms. The number of halogens is 1. The van der Waals surface area contributed by atoms with E-state index >= 15 is 0 Å². The Morgan fingerprint density at radius 2 is 1.86 bits per heavy atom. The fourth-order valence-corrected chi connectivity index (χ4v) is 3.56.